The minimum Gasteiger partial charge on any atom is -0.465 e. The molecule has 74 valence electrons. The Bertz CT molecular complexity index is 171. The van der Waals surface area contributed by atoms with Gasteiger partial charge in [-0.1, -0.05) is 25.2 Å². The van der Waals surface area contributed by atoms with E-state index >= 15 is 0 Å². The summed E-state index contributed by atoms with van der Waals surface area (Å²) >= 11 is 0. The van der Waals surface area contributed by atoms with Crippen LogP contribution in [0.5, 0.6) is 0 Å². The van der Waals surface area contributed by atoms with Gasteiger partial charge in [0.15, 0.2) is 0 Å². The monoisotopic (exact) mass is 182 g/mol. The predicted molar refractivity (Wildman–Crippen MR) is 54.4 cm³/mol. The Morgan fingerprint density at radius 2 is 2.00 bits per heavy atom. The number of esters is 1. The average Bonchev–Trinajstić information content (AvgIpc) is 2.16. The van der Waals surface area contributed by atoms with Crippen molar-refractivity contribution in [2.24, 2.45) is 0 Å². The third-order valence-electron chi connectivity index (χ3n) is 1.54. The molecule has 0 N–H and O–H groups in total. The van der Waals surface area contributed by atoms with Crippen molar-refractivity contribution in [1.82, 2.24) is 0 Å². The number of unbranched alkanes of at least 4 members (excludes halogenated alkanes) is 1. The molecule has 0 bridgehead atoms. The molecule has 0 saturated carbocycles. The lowest BCUT2D eigenvalue weighted by Crippen LogP contribution is -2.02. The van der Waals surface area contributed by atoms with E-state index < -0.39 is 0 Å². The van der Waals surface area contributed by atoms with Gasteiger partial charge in [-0.3, -0.25) is 4.79 Å². The molecule has 0 heterocycles. The molecule has 0 aliphatic heterocycles. The van der Waals surface area contributed by atoms with E-state index in [-0.39, 0.29) is 5.97 Å². The summed E-state index contributed by atoms with van der Waals surface area (Å²) in [4.78, 5) is 10.7. The largest absolute Gasteiger partial charge is 0.465 e. The van der Waals surface area contributed by atoms with Gasteiger partial charge in [0.05, 0.1) is 6.61 Å². The fraction of sp³-hybridized carbons (Fsp3) is 0.545. The highest BCUT2D eigenvalue weighted by Gasteiger charge is 1.94. The SMILES string of the molecule is C=CCC/C=C/CCOC(=O)CC. The molecule has 0 atom stereocenters. The number of carbonyl (C=O) groups excluding carboxylic acids is 1. The summed E-state index contributed by atoms with van der Waals surface area (Å²) in [6, 6.07) is 0. The van der Waals surface area contributed by atoms with E-state index in [1.165, 1.54) is 0 Å². The second kappa shape index (κ2) is 9.04. The smallest absolute Gasteiger partial charge is 0.305 e. The first-order valence-electron chi connectivity index (χ1n) is 4.72. The lowest BCUT2D eigenvalue weighted by molar-refractivity contribution is -0.143. The summed E-state index contributed by atoms with van der Waals surface area (Å²) in [5.41, 5.74) is 0. The normalized spacial score (nSPS) is 10.2. The summed E-state index contributed by atoms with van der Waals surface area (Å²) in [7, 11) is 0. The van der Waals surface area contributed by atoms with Gasteiger partial charge in [-0.15, -0.1) is 6.58 Å². The summed E-state index contributed by atoms with van der Waals surface area (Å²) in [5.74, 6) is -0.125. The van der Waals surface area contributed by atoms with Gasteiger partial charge >= 0.3 is 5.97 Å². The molecule has 0 aromatic heterocycles. The van der Waals surface area contributed by atoms with E-state index in [9.17, 15) is 4.79 Å². The molecule has 0 rings (SSSR count). The van der Waals surface area contributed by atoms with Crippen LogP contribution in [0, 0.1) is 0 Å². The molecule has 0 fully saturated rings. The Kier molecular flexibility index (Phi) is 8.31. The molecule has 13 heavy (non-hydrogen) atoms. The highest BCUT2D eigenvalue weighted by Crippen LogP contribution is 1.94. The third-order valence-corrected chi connectivity index (χ3v) is 1.54. The molecule has 0 amide bonds. The zero-order valence-electron chi connectivity index (χ0n) is 8.29. The number of hydrogen-bond donors (Lipinski definition) is 0. The van der Waals surface area contributed by atoms with E-state index in [4.69, 9.17) is 4.74 Å². The van der Waals surface area contributed by atoms with Crippen LogP contribution in [0.4, 0.5) is 0 Å². The maximum Gasteiger partial charge on any atom is 0.305 e. The van der Waals surface area contributed by atoms with E-state index in [2.05, 4.69) is 12.7 Å². The van der Waals surface area contributed by atoms with Gasteiger partial charge in [-0.2, -0.15) is 0 Å². The van der Waals surface area contributed by atoms with Crippen LogP contribution in [0.1, 0.15) is 32.6 Å². The molecular weight excluding hydrogens is 164 g/mol. The Morgan fingerprint density at radius 1 is 1.31 bits per heavy atom. The summed E-state index contributed by atoms with van der Waals surface area (Å²) in [5, 5.41) is 0. The van der Waals surface area contributed by atoms with Crippen LogP contribution in [0.25, 0.3) is 0 Å². The minimum absolute atomic E-state index is 0.125. The maximum atomic E-state index is 10.7. The molecule has 0 aliphatic rings. The molecule has 0 saturated heterocycles. The van der Waals surface area contributed by atoms with Gasteiger partial charge in [0.2, 0.25) is 0 Å². The van der Waals surface area contributed by atoms with Crippen LogP contribution in [0.3, 0.4) is 0 Å². The standard InChI is InChI=1S/C11H18O2/c1-3-5-6-7-8-9-10-13-11(12)4-2/h3,7-8H,1,4-6,9-10H2,2H3/b8-7+. The molecule has 0 aromatic rings. The first-order chi connectivity index (χ1) is 6.31. The van der Waals surface area contributed by atoms with E-state index in [1.54, 1.807) is 6.92 Å². The second-order valence-corrected chi connectivity index (χ2v) is 2.70. The van der Waals surface area contributed by atoms with Crippen molar-refractivity contribution < 1.29 is 9.53 Å². The van der Waals surface area contributed by atoms with Crippen molar-refractivity contribution in [1.29, 1.82) is 0 Å². The summed E-state index contributed by atoms with van der Waals surface area (Å²) in [6.45, 7) is 5.92. The van der Waals surface area contributed by atoms with Crippen molar-refractivity contribution in [3.8, 4) is 0 Å². The molecule has 0 radical (unpaired) electrons. The number of rotatable bonds is 7. The second-order valence-electron chi connectivity index (χ2n) is 2.70. The van der Waals surface area contributed by atoms with E-state index in [1.807, 2.05) is 12.2 Å². The van der Waals surface area contributed by atoms with Gasteiger partial charge in [0.25, 0.3) is 0 Å². The van der Waals surface area contributed by atoms with Crippen LogP contribution in [-0.4, -0.2) is 12.6 Å². The third kappa shape index (κ3) is 8.86. The molecule has 0 spiro atoms. The Labute approximate surface area is 80.3 Å². The summed E-state index contributed by atoms with van der Waals surface area (Å²) in [6.07, 6.45) is 9.30. The highest BCUT2D eigenvalue weighted by atomic mass is 16.5. The first kappa shape index (κ1) is 11.9. The molecule has 2 heteroatoms. The lowest BCUT2D eigenvalue weighted by atomic mass is 10.2. The predicted octanol–water partition coefficient (Wildman–Crippen LogP) is 2.85. The summed E-state index contributed by atoms with van der Waals surface area (Å²) < 4.78 is 4.89. The van der Waals surface area contributed by atoms with Gasteiger partial charge in [0, 0.05) is 6.42 Å². The highest BCUT2D eigenvalue weighted by molar-refractivity contribution is 5.68. The van der Waals surface area contributed by atoms with Crippen molar-refractivity contribution in [2.45, 2.75) is 32.6 Å². The Balaban J connectivity index is 3.19. The molecule has 0 unspecified atom stereocenters. The fourth-order valence-corrected chi connectivity index (χ4v) is 0.793. The number of allylic oxidation sites excluding steroid dienone is 2. The number of ether oxygens (including phenoxy) is 1. The Hall–Kier alpha value is -1.05. The zero-order chi connectivity index (χ0) is 9.94. The molecular formula is C11H18O2. The molecule has 0 aliphatic carbocycles. The average molecular weight is 182 g/mol. The van der Waals surface area contributed by atoms with Crippen LogP contribution >= 0.6 is 0 Å². The van der Waals surface area contributed by atoms with Crippen molar-refractivity contribution >= 4 is 5.97 Å². The lowest BCUT2D eigenvalue weighted by Gasteiger charge is -1.98. The van der Waals surface area contributed by atoms with Crippen LogP contribution in [0.2, 0.25) is 0 Å². The quantitative estimate of drug-likeness (QED) is 0.344. The zero-order valence-corrected chi connectivity index (χ0v) is 8.29. The maximum absolute atomic E-state index is 10.7. The number of carbonyl (C=O) groups is 1. The Morgan fingerprint density at radius 3 is 2.62 bits per heavy atom. The van der Waals surface area contributed by atoms with E-state index in [0.717, 1.165) is 19.3 Å². The van der Waals surface area contributed by atoms with Crippen LogP contribution < -0.4 is 0 Å². The topological polar surface area (TPSA) is 26.3 Å². The molecule has 2 nitrogen and oxygen atoms in total. The minimum atomic E-state index is -0.125. The molecule has 0 aromatic carbocycles. The van der Waals surface area contributed by atoms with Crippen molar-refractivity contribution in [3.05, 3.63) is 24.8 Å². The van der Waals surface area contributed by atoms with Crippen LogP contribution in [0.15, 0.2) is 24.8 Å². The van der Waals surface area contributed by atoms with E-state index in [0.29, 0.717) is 13.0 Å². The van der Waals surface area contributed by atoms with Crippen molar-refractivity contribution in [3.63, 3.8) is 0 Å². The van der Waals surface area contributed by atoms with Gasteiger partial charge in [-0.25, -0.2) is 0 Å². The van der Waals surface area contributed by atoms with Gasteiger partial charge in [-0.05, 0) is 19.3 Å². The fourth-order valence-electron chi connectivity index (χ4n) is 0.793. The van der Waals surface area contributed by atoms with Gasteiger partial charge in [0.1, 0.15) is 0 Å². The van der Waals surface area contributed by atoms with Crippen molar-refractivity contribution in [2.75, 3.05) is 6.61 Å². The van der Waals surface area contributed by atoms with Crippen LogP contribution in [-0.2, 0) is 9.53 Å². The van der Waals surface area contributed by atoms with Gasteiger partial charge < -0.3 is 4.74 Å². The number of hydrogen-bond acceptors (Lipinski definition) is 2. The first-order valence-corrected chi connectivity index (χ1v) is 4.72.